The van der Waals surface area contributed by atoms with Crippen molar-refractivity contribution in [3.63, 3.8) is 0 Å². The molecule has 0 aliphatic heterocycles. The molecule has 0 amide bonds. The van der Waals surface area contributed by atoms with Crippen molar-refractivity contribution < 1.29 is 4.74 Å². The summed E-state index contributed by atoms with van der Waals surface area (Å²) < 4.78 is 5.72. The molecule has 0 fully saturated rings. The van der Waals surface area contributed by atoms with E-state index >= 15 is 0 Å². The third-order valence-corrected chi connectivity index (χ3v) is 3.78. The SMILES string of the molecule is CSc1ccc(Oc2ccc(C(N)=S)c(Cl)c2)cc1. The maximum absolute atomic E-state index is 6.09. The predicted molar refractivity (Wildman–Crippen MR) is 85.6 cm³/mol. The monoisotopic (exact) mass is 309 g/mol. The summed E-state index contributed by atoms with van der Waals surface area (Å²) >= 11 is 12.7. The Morgan fingerprint density at radius 1 is 1.16 bits per heavy atom. The maximum Gasteiger partial charge on any atom is 0.128 e. The molecule has 98 valence electrons. The number of ether oxygens (including phenoxy) is 1. The van der Waals surface area contributed by atoms with E-state index in [9.17, 15) is 0 Å². The van der Waals surface area contributed by atoms with Gasteiger partial charge in [-0.1, -0.05) is 23.8 Å². The van der Waals surface area contributed by atoms with Crippen molar-refractivity contribution in [2.75, 3.05) is 6.26 Å². The van der Waals surface area contributed by atoms with Gasteiger partial charge in [-0.05, 0) is 42.7 Å². The molecule has 0 heterocycles. The van der Waals surface area contributed by atoms with E-state index in [1.807, 2.05) is 30.5 Å². The highest BCUT2D eigenvalue weighted by Crippen LogP contribution is 2.28. The first kappa shape index (κ1) is 14.2. The van der Waals surface area contributed by atoms with Crippen LogP contribution in [0, 0.1) is 0 Å². The first-order valence-corrected chi connectivity index (χ1v) is 7.52. The van der Waals surface area contributed by atoms with Gasteiger partial charge in [0, 0.05) is 16.5 Å². The second-order valence-corrected chi connectivity index (χ2v) is 5.51. The number of hydrogen-bond donors (Lipinski definition) is 1. The van der Waals surface area contributed by atoms with Gasteiger partial charge in [0.2, 0.25) is 0 Å². The Bertz CT molecular complexity index is 599. The summed E-state index contributed by atoms with van der Waals surface area (Å²) in [7, 11) is 0. The molecular formula is C14H12ClNOS2. The number of benzene rings is 2. The number of thiocarbonyl (C=S) groups is 1. The van der Waals surface area contributed by atoms with E-state index in [2.05, 4.69) is 0 Å². The fourth-order valence-corrected chi connectivity index (χ4v) is 2.45. The van der Waals surface area contributed by atoms with Crippen LogP contribution in [0.15, 0.2) is 47.4 Å². The Morgan fingerprint density at radius 2 is 1.79 bits per heavy atom. The van der Waals surface area contributed by atoms with Gasteiger partial charge in [-0.3, -0.25) is 0 Å². The van der Waals surface area contributed by atoms with Crippen LogP contribution in [0.2, 0.25) is 5.02 Å². The Balaban J connectivity index is 2.18. The van der Waals surface area contributed by atoms with Crippen molar-refractivity contribution in [3.05, 3.63) is 53.1 Å². The van der Waals surface area contributed by atoms with Crippen molar-refractivity contribution in [1.82, 2.24) is 0 Å². The van der Waals surface area contributed by atoms with E-state index < -0.39 is 0 Å². The van der Waals surface area contributed by atoms with Gasteiger partial charge in [-0.15, -0.1) is 11.8 Å². The average molecular weight is 310 g/mol. The molecule has 0 bridgehead atoms. The largest absolute Gasteiger partial charge is 0.457 e. The number of halogens is 1. The molecule has 2 nitrogen and oxygen atoms in total. The van der Waals surface area contributed by atoms with Crippen LogP contribution in [0.4, 0.5) is 0 Å². The fourth-order valence-electron chi connectivity index (χ4n) is 1.54. The summed E-state index contributed by atoms with van der Waals surface area (Å²) in [6.07, 6.45) is 2.03. The highest BCUT2D eigenvalue weighted by molar-refractivity contribution is 7.98. The summed E-state index contributed by atoms with van der Waals surface area (Å²) in [4.78, 5) is 1.47. The van der Waals surface area contributed by atoms with Crippen LogP contribution in [0.3, 0.4) is 0 Å². The molecule has 0 spiro atoms. The van der Waals surface area contributed by atoms with Crippen molar-refractivity contribution >= 4 is 40.6 Å². The first-order chi connectivity index (χ1) is 9.10. The molecular weight excluding hydrogens is 298 g/mol. The number of nitrogens with two attached hydrogens (primary N) is 1. The molecule has 0 saturated heterocycles. The highest BCUT2D eigenvalue weighted by Gasteiger charge is 2.05. The summed E-state index contributed by atoms with van der Waals surface area (Å²) in [6, 6.07) is 13.1. The van der Waals surface area contributed by atoms with Gasteiger partial charge in [0.05, 0.1) is 5.02 Å². The van der Waals surface area contributed by atoms with E-state index in [1.54, 1.807) is 30.0 Å². The van der Waals surface area contributed by atoms with Gasteiger partial charge < -0.3 is 10.5 Å². The van der Waals surface area contributed by atoms with Gasteiger partial charge >= 0.3 is 0 Å². The molecule has 0 radical (unpaired) electrons. The van der Waals surface area contributed by atoms with E-state index in [0.29, 0.717) is 16.3 Å². The average Bonchev–Trinajstić information content (AvgIpc) is 2.39. The lowest BCUT2D eigenvalue weighted by Gasteiger charge is -2.08. The van der Waals surface area contributed by atoms with Crippen molar-refractivity contribution in [2.24, 2.45) is 5.73 Å². The molecule has 0 aliphatic carbocycles. The zero-order valence-electron chi connectivity index (χ0n) is 10.2. The number of hydrogen-bond acceptors (Lipinski definition) is 3. The van der Waals surface area contributed by atoms with Gasteiger partial charge in [-0.2, -0.15) is 0 Å². The second kappa shape index (κ2) is 6.28. The third-order valence-electron chi connectivity index (χ3n) is 2.50. The standard InChI is InChI=1S/C14H12ClNOS2/c1-19-11-5-2-9(3-6-11)17-10-4-7-12(14(16)18)13(15)8-10/h2-8H,1H3,(H2,16,18). The molecule has 19 heavy (non-hydrogen) atoms. The van der Waals surface area contributed by atoms with Gasteiger partial charge in [0.15, 0.2) is 0 Å². The van der Waals surface area contributed by atoms with E-state index in [-0.39, 0.29) is 4.99 Å². The minimum Gasteiger partial charge on any atom is -0.457 e. The molecule has 0 aliphatic rings. The molecule has 0 saturated carbocycles. The Morgan fingerprint density at radius 3 is 2.32 bits per heavy atom. The van der Waals surface area contributed by atoms with Crippen molar-refractivity contribution in [3.8, 4) is 11.5 Å². The Kier molecular flexibility index (Phi) is 4.69. The minimum atomic E-state index is 0.279. The fraction of sp³-hybridized carbons (Fsp3) is 0.0714. The molecule has 2 aromatic carbocycles. The lowest BCUT2D eigenvalue weighted by atomic mass is 10.2. The normalized spacial score (nSPS) is 10.2. The van der Waals surface area contributed by atoms with Crippen LogP contribution in [0.25, 0.3) is 0 Å². The summed E-state index contributed by atoms with van der Waals surface area (Å²) in [5, 5.41) is 0.491. The number of thioether (sulfide) groups is 1. The molecule has 2 rings (SSSR count). The lowest BCUT2D eigenvalue weighted by Crippen LogP contribution is -2.09. The van der Waals surface area contributed by atoms with Crippen LogP contribution in [-0.2, 0) is 0 Å². The molecule has 0 aromatic heterocycles. The third kappa shape index (κ3) is 3.62. The quantitative estimate of drug-likeness (QED) is 0.667. The molecule has 0 atom stereocenters. The van der Waals surface area contributed by atoms with Crippen molar-refractivity contribution in [1.29, 1.82) is 0 Å². The van der Waals surface area contributed by atoms with Crippen LogP contribution in [0.5, 0.6) is 11.5 Å². The number of rotatable bonds is 4. The van der Waals surface area contributed by atoms with Crippen LogP contribution in [0.1, 0.15) is 5.56 Å². The molecule has 2 aromatic rings. The smallest absolute Gasteiger partial charge is 0.128 e. The molecule has 0 unspecified atom stereocenters. The Hall–Kier alpha value is -1.23. The van der Waals surface area contributed by atoms with E-state index in [0.717, 1.165) is 5.75 Å². The van der Waals surface area contributed by atoms with Crippen LogP contribution >= 0.6 is 35.6 Å². The maximum atomic E-state index is 6.09. The zero-order valence-corrected chi connectivity index (χ0v) is 12.6. The zero-order chi connectivity index (χ0) is 13.8. The van der Waals surface area contributed by atoms with E-state index in [1.165, 1.54) is 4.90 Å². The highest BCUT2D eigenvalue weighted by atomic mass is 35.5. The van der Waals surface area contributed by atoms with E-state index in [4.69, 9.17) is 34.3 Å². The van der Waals surface area contributed by atoms with Crippen LogP contribution < -0.4 is 10.5 Å². The van der Waals surface area contributed by atoms with Gasteiger partial charge in [-0.25, -0.2) is 0 Å². The summed E-state index contributed by atoms with van der Waals surface area (Å²) in [5.41, 5.74) is 6.21. The van der Waals surface area contributed by atoms with Crippen molar-refractivity contribution in [2.45, 2.75) is 4.90 Å². The second-order valence-electron chi connectivity index (χ2n) is 3.78. The molecule has 5 heteroatoms. The molecule has 2 N–H and O–H groups in total. The minimum absolute atomic E-state index is 0.279. The van der Waals surface area contributed by atoms with Crippen LogP contribution in [-0.4, -0.2) is 11.2 Å². The Labute approximate surface area is 126 Å². The topological polar surface area (TPSA) is 35.2 Å². The predicted octanol–water partition coefficient (Wildman–Crippen LogP) is 4.49. The van der Waals surface area contributed by atoms with Gasteiger partial charge in [0.25, 0.3) is 0 Å². The summed E-state index contributed by atoms with van der Waals surface area (Å²) in [5.74, 6) is 1.42. The first-order valence-electron chi connectivity index (χ1n) is 5.51. The summed E-state index contributed by atoms with van der Waals surface area (Å²) in [6.45, 7) is 0. The lowest BCUT2D eigenvalue weighted by molar-refractivity contribution is 0.482. The van der Waals surface area contributed by atoms with Gasteiger partial charge in [0.1, 0.15) is 16.5 Å².